The van der Waals surface area contributed by atoms with Crippen LogP contribution in [0.3, 0.4) is 0 Å². The summed E-state index contributed by atoms with van der Waals surface area (Å²) in [5.74, 6) is -1.27. The summed E-state index contributed by atoms with van der Waals surface area (Å²) in [5.41, 5.74) is 6.00. The third kappa shape index (κ3) is 4.38. The number of thiophene rings is 1. The Balaban J connectivity index is 1.76. The quantitative estimate of drug-likeness (QED) is 0.317. The molecule has 0 bridgehead atoms. The highest BCUT2D eigenvalue weighted by atomic mass is 32.1. The van der Waals surface area contributed by atoms with Crippen molar-refractivity contribution in [3.63, 3.8) is 0 Å². The summed E-state index contributed by atoms with van der Waals surface area (Å²) in [6.45, 7) is 3.47. The Morgan fingerprint density at radius 1 is 1.03 bits per heavy atom. The molecule has 2 aromatic heterocycles. The Hall–Kier alpha value is -3.72. The third-order valence-corrected chi connectivity index (χ3v) is 6.38. The van der Waals surface area contributed by atoms with Crippen LogP contribution in [0.5, 0.6) is 0 Å². The topological polar surface area (TPSA) is 85.1 Å². The summed E-state index contributed by atoms with van der Waals surface area (Å²) in [7, 11) is 0. The zero-order chi connectivity index (χ0) is 24.6. The van der Waals surface area contributed by atoms with Gasteiger partial charge in [0.15, 0.2) is 5.78 Å². The van der Waals surface area contributed by atoms with Crippen molar-refractivity contribution in [3.05, 3.63) is 87.9 Å². The molecule has 0 unspecified atom stereocenters. The predicted octanol–water partition coefficient (Wildman–Crippen LogP) is 6.50. The number of pyridine rings is 1. The van der Waals surface area contributed by atoms with Gasteiger partial charge in [-0.15, -0.1) is 11.3 Å². The standard InChI is InChI=1S/C25H20F3N3O2S/c1-13(2)18-12-16(25(26,27)28)19-20(29)22(34-24(19)31-18)23(33)30-17-11-7-6-10-15(17)21(32)14-8-4-3-5-9-14/h3-13H,29H2,1-2H3,(H,30,33). The van der Waals surface area contributed by atoms with E-state index in [0.717, 1.165) is 17.4 Å². The molecule has 0 radical (unpaired) electrons. The molecule has 0 fully saturated rings. The number of fused-ring (bicyclic) bond motifs is 1. The van der Waals surface area contributed by atoms with E-state index in [2.05, 4.69) is 10.3 Å². The number of para-hydroxylation sites is 1. The molecule has 4 rings (SSSR count). The number of anilines is 2. The lowest BCUT2D eigenvalue weighted by molar-refractivity contribution is -0.136. The molecular weight excluding hydrogens is 463 g/mol. The number of nitrogens with one attached hydrogen (secondary N) is 1. The number of hydrogen-bond acceptors (Lipinski definition) is 5. The molecule has 0 saturated heterocycles. The van der Waals surface area contributed by atoms with Crippen molar-refractivity contribution in [2.75, 3.05) is 11.1 Å². The van der Waals surface area contributed by atoms with E-state index < -0.39 is 17.6 Å². The summed E-state index contributed by atoms with van der Waals surface area (Å²) in [6, 6.07) is 15.9. The number of carbonyl (C=O) groups is 2. The van der Waals surface area contributed by atoms with Gasteiger partial charge in [0.1, 0.15) is 9.71 Å². The first-order chi connectivity index (χ1) is 16.1. The number of alkyl halides is 3. The van der Waals surface area contributed by atoms with Crippen LogP contribution >= 0.6 is 11.3 Å². The molecule has 0 spiro atoms. The third-order valence-electron chi connectivity index (χ3n) is 5.28. The molecule has 0 saturated carbocycles. The second-order valence-corrected chi connectivity index (χ2v) is 8.97. The molecule has 1 amide bonds. The molecule has 2 heterocycles. The summed E-state index contributed by atoms with van der Waals surface area (Å²) in [4.78, 5) is 30.3. The van der Waals surface area contributed by atoms with Gasteiger partial charge in [-0.05, 0) is 24.1 Å². The van der Waals surface area contributed by atoms with E-state index >= 15 is 0 Å². The number of rotatable bonds is 5. The Morgan fingerprint density at radius 2 is 1.68 bits per heavy atom. The van der Waals surface area contributed by atoms with Gasteiger partial charge in [0, 0.05) is 22.2 Å². The van der Waals surface area contributed by atoms with Crippen molar-refractivity contribution in [1.29, 1.82) is 0 Å². The van der Waals surface area contributed by atoms with Gasteiger partial charge in [0.2, 0.25) is 0 Å². The van der Waals surface area contributed by atoms with E-state index in [9.17, 15) is 22.8 Å². The largest absolute Gasteiger partial charge is 0.417 e. The number of halogens is 3. The highest BCUT2D eigenvalue weighted by molar-refractivity contribution is 7.21. The van der Waals surface area contributed by atoms with Crippen molar-refractivity contribution in [3.8, 4) is 0 Å². The van der Waals surface area contributed by atoms with Crippen LogP contribution in [0.2, 0.25) is 0 Å². The summed E-state index contributed by atoms with van der Waals surface area (Å²) in [5, 5.41) is 2.35. The number of aromatic nitrogens is 1. The van der Waals surface area contributed by atoms with E-state index in [0.29, 0.717) is 5.56 Å². The fourth-order valence-corrected chi connectivity index (χ4v) is 4.56. The Bertz CT molecular complexity index is 1400. The van der Waals surface area contributed by atoms with Gasteiger partial charge in [-0.1, -0.05) is 56.3 Å². The molecule has 0 aliphatic heterocycles. The van der Waals surface area contributed by atoms with Crippen LogP contribution in [-0.4, -0.2) is 16.7 Å². The minimum absolute atomic E-state index is 0.0369. The maximum Gasteiger partial charge on any atom is 0.417 e. The van der Waals surface area contributed by atoms with Gasteiger partial charge < -0.3 is 11.1 Å². The van der Waals surface area contributed by atoms with Crippen molar-refractivity contribution in [2.24, 2.45) is 0 Å². The van der Waals surface area contributed by atoms with Crippen LogP contribution in [0.4, 0.5) is 24.5 Å². The first-order valence-corrected chi connectivity index (χ1v) is 11.2. The van der Waals surface area contributed by atoms with E-state index in [1.54, 1.807) is 68.4 Å². The smallest absolute Gasteiger partial charge is 0.397 e. The van der Waals surface area contributed by atoms with Crippen LogP contribution in [0, 0.1) is 0 Å². The SMILES string of the molecule is CC(C)c1cc(C(F)(F)F)c2c(N)c(C(=O)Nc3ccccc3C(=O)c3ccccc3)sc2n1. The van der Waals surface area contributed by atoms with Gasteiger partial charge in [0.25, 0.3) is 5.91 Å². The van der Waals surface area contributed by atoms with Crippen molar-refractivity contribution in [1.82, 2.24) is 4.98 Å². The first-order valence-electron chi connectivity index (χ1n) is 10.4. The minimum atomic E-state index is -4.66. The molecule has 3 N–H and O–H groups in total. The maximum atomic E-state index is 13.8. The fourth-order valence-electron chi connectivity index (χ4n) is 3.54. The summed E-state index contributed by atoms with van der Waals surface area (Å²) >= 11 is 0.791. The second-order valence-electron chi connectivity index (χ2n) is 7.97. The van der Waals surface area contributed by atoms with E-state index in [1.165, 1.54) is 0 Å². The number of ketones is 1. The minimum Gasteiger partial charge on any atom is -0.397 e. The van der Waals surface area contributed by atoms with Gasteiger partial charge in [-0.25, -0.2) is 4.98 Å². The molecule has 2 aromatic carbocycles. The highest BCUT2D eigenvalue weighted by Crippen LogP contribution is 2.43. The molecule has 4 aromatic rings. The van der Waals surface area contributed by atoms with Crippen LogP contribution in [0.25, 0.3) is 10.2 Å². The number of hydrogen-bond donors (Lipinski definition) is 2. The Kier molecular flexibility index (Phi) is 6.14. The molecule has 174 valence electrons. The van der Waals surface area contributed by atoms with Gasteiger partial charge >= 0.3 is 6.18 Å². The predicted molar refractivity (Wildman–Crippen MR) is 127 cm³/mol. The maximum absolute atomic E-state index is 13.8. The van der Waals surface area contributed by atoms with Crippen LogP contribution < -0.4 is 11.1 Å². The summed E-state index contributed by atoms with van der Waals surface area (Å²) in [6.07, 6.45) is -4.66. The van der Waals surface area contributed by atoms with E-state index in [1.807, 2.05) is 0 Å². The number of nitrogen functional groups attached to an aromatic ring is 1. The van der Waals surface area contributed by atoms with Crippen molar-refractivity contribution < 1.29 is 22.8 Å². The lowest BCUT2D eigenvalue weighted by atomic mass is 10.0. The Labute approximate surface area is 197 Å². The molecule has 34 heavy (non-hydrogen) atoms. The highest BCUT2D eigenvalue weighted by Gasteiger charge is 2.36. The average molecular weight is 484 g/mol. The van der Waals surface area contributed by atoms with E-state index in [4.69, 9.17) is 5.73 Å². The number of carbonyl (C=O) groups excluding carboxylic acids is 2. The number of benzene rings is 2. The van der Waals surface area contributed by atoms with Gasteiger partial charge in [-0.2, -0.15) is 13.2 Å². The van der Waals surface area contributed by atoms with Gasteiger partial charge in [-0.3, -0.25) is 9.59 Å². The molecule has 9 heteroatoms. The second kappa shape index (κ2) is 8.90. The zero-order valence-electron chi connectivity index (χ0n) is 18.2. The number of amides is 1. The molecule has 5 nitrogen and oxygen atoms in total. The lowest BCUT2D eigenvalue weighted by Gasteiger charge is -2.12. The average Bonchev–Trinajstić information content (AvgIpc) is 3.14. The Morgan fingerprint density at radius 3 is 2.32 bits per heavy atom. The van der Waals surface area contributed by atoms with Crippen molar-refractivity contribution in [2.45, 2.75) is 25.9 Å². The zero-order valence-corrected chi connectivity index (χ0v) is 19.1. The van der Waals surface area contributed by atoms with Crippen molar-refractivity contribution >= 4 is 44.6 Å². The molecule has 0 aliphatic rings. The molecule has 0 aliphatic carbocycles. The number of nitrogens with zero attached hydrogens (tertiary/aromatic N) is 1. The normalized spacial score (nSPS) is 11.7. The molecular formula is C25H20F3N3O2S. The first kappa shape index (κ1) is 23.4. The van der Waals surface area contributed by atoms with Gasteiger partial charge in [0.05, 0.1) is 16.9 Å². The molecule has 0 atom stereocenters. The van der Waals surface area contributed by atoms with Crippen LogP contribution in [0.15, 0.2) is 60.7 Å². The fraction of sp³-hybridized carbons (Fsp3) is 0.160. The van der Waals surface area contributed by atoms with Crippen LogP contribution in [0.1, 0.15) is 56.6 Å². The summed E-state index contributed by atoms with van der Waals surface area (Å²) < 4.78 is 41.4. The van der Waals surface area contributed by atoms with E-state index in [-0.39, 0.29) is 49.4 Å². The number of nitrogens with two attached hydrogens (primary N) is 1. The monoisotopic (exact) mass is 483 g/mol. The lowest BCUT2D eigenvalue weighted by Crippen LogP contribution is -2.15. The van der Waals surface area contributed by atoms with Crippen LogP contribution in [-0.2, 0) is 6.18 Å².